The third-order valence-electron chi connectivity index (χ3n) is 2.79. The van der Waals surface area contributed by atoms with Gasteiger partial charge in [-0.2, -0.15) is 5.10 Å². The third-order valence-corrected chi connectivity index (χ3v) is 5.32. The summed E-state index contributed by atoms with van der Waals surface area (Å²) in [6, 6.07) is 0. The van der Waals surface area contributed by atoms with Gasteiger partial charge in [0.25, 0.3) is 0 Å². The van der Waals surface area contributed by atoms with Crippen molar-refractivity contribution >= 4 is 21.4 Å². The number of hydrogen-bond acceptors (Lipinski definition) is 4. The molecule has 0 saturated carbocycles. The van der Waals surface area contributed by atoms with Crippen LogP contribution in [-0.2, 0) is 29.1 Å². The average molecular weight is 280 g/mol. The first-order chi connectivity index (χ1) is 7.83. The van der Waals surface area contributed by atoms with E-state index >= 15 is 0 Å². The van der Waals surface area contributed by atoms with Crippen molar-refractivity contribution in [2.24, 2.45) is 12.8 Å². The first-order valence-corrected chi connectivity index (χ1v) is 7.54. The minimum absolute atomic E-state index is 0.110. The molecule has 1 heterocycles. The number of hydrogen-bond donors (Lipinski definition) is 1. The van der Waals surface area contributed by atoms with Crippen LogP contribution in [0.4, 0.5) is 0 Å². The summed E-state index contributed by atoms with van der Waals surface area (Å²) in [5.74, 6) is -0.117. The number of sulfone groups is 1. The zero-order valence-corrected chi connectivity index (χ0v) is 11.8. The van der Waals surface area contributed by atoms with Crippen LogP contribution in [0.5, 0.6) is 0 Å². The van der Waals surface area contributed by atoms with Crippen molar-refractivity contribution in [1.29, 1.82) is 0 Å². The highest BCUT2D eigenvalue weighted by Gasteiger charge is 2.24. The fourth-order valence-electron chi connectivity index (χ4n) is 1.46. The average Bonchev–Trinajstić information content (AvgIpc) is 2.54. The number of nitrogens with zero attached hydrogens (tertiary/aromatic N) is 2. The Kier molecular flexibility index (Phi) is 4.57. The monoisotopic (exact) mass is 279 g/mol. The van der Waals surface area contributed by atoms with Crippen LogP contribution in [0.2, 0.25) is 5.02 Å². The molecule has 1 rings (SSSR count). The van der Waals surface area contributed by atoms with E-state index in [1.807, 2.05) is 6.92 Å². The molecule has 17 heavy (non-hydrogen) atoms. The van der Waals surface area contributed by atoms with Crippen LogP contribution in [0.15, 0.2) is 0 Å². The summed E-state index contributed by atoms with van der Waals surface area (Å²) in [5, 5.41) is 4.06. The molecule has 0 bridgehead atoms. The van der Waals surface area contributed by atoms with E-state index in [4.69, 9.17) is 17.3 Å². The molecule has 98 valence electrons. The summed E-state index contributed by atoms with van der Waals surface area (Å²) in [4.78, 5) is 0. The first-order valence-electron chi connectivity index (χ1n) is 5.45. The minimum Gasteiger partial charge on any atom is -0.329 e. The predicted molar refractivity (Wildman–Crippen MR) is 68.7 cm³/mol. The molecule has 2 N–H and O–H groups in total. The van der Waals surface area contributed by atoms with E-state index in [2.05, 4.69) is 5.10 Å². The quantitative estimate of drug-likeness (QED) is 0.869. The minimum atomic E-state index is -3.27. The summed E-state index contributed by atoms with van der Waals surface area (Å²) >= 11 is 6.10. The maximum Gasteiger partial charge on any atom is 0.159 e. The summed E-state index contributed by atoms with van der Waals surface area (Å²) in [6.07, 6.45) is 0.680. The van der Waals surface area contributed by atoms with E-state index < -0.39 is 15.1 Å². The van der Waals surface area contributed by atoms with Crippen molar-refractivity contribution < 1.29 is 8.42 Å². The highest BCUT2D eigenvalue weighted by Crippen LogP contribution is 2.23. The van der Waals surface area contributed by atoms with Gasteiger partial charge in [0.1, 0.15) is 0 Å². The van der Waals surface area contributed by atoms with Crippen LogP contribution in [0.3, 0.4) is 0 Å². The largest absolute Gasteiger partial charge is 0.329 e. The normalized spacial score (nSPS) is 13.9. The molecule has 0 aliphatic carbocycles. The maximum absolute atomic E-state index is 12.0. The summed E-state index contributed by atoms with van der Waals surface area (Å²) < 4.78 is 25.4. The molecule has 1 atom stereocenters. The molecule has 1 aromatic rings. The van der Waals surface area contributed by atoms with Gasteiger partial charge in [0, 0.05) is 13.6 Å². The Hall–Kier alpha value is -0.590. The lowest BCUT2D eigenvalue weighted by Crippen LogP contribution is -2.28. The molecule has 0 fully saturated rings. The molecule has 1 unspecified atom stereocenters. The van der Waals surface area contributed by atoms with E-state index in [1.54, 1.807) is 14.0 Å². The SMILES string of the molecule is CCc1nn(C)c(CS(=O)(=O)C(C)CN)c1Cl. The lowest BCUT2D eigenvalue weighted by molar-refractivity contribution is 0.579. The second-order valence-corrected chi connectivity index (χ2v) is 6.84. The van der Waals surface area contributed by atoms with Gasteiger partial charge in [-0.1, -0.05) is 18.5 Å². The van der Waals surface area contributed by atoms with Crippen molar-refractivity contribution in [2.45, 2.75) is 31.3 Å². The van der Waals surface area contributed by atoms with Gasteiger partial charge in [-0.3, -0.25) is 4.68 Å². The molecule has 0 amide bonds. The van der Waals surface area contributed by atoms with Gasteiger partial charge in [-0.15, -0.1) is 0 Å². The number of aromatic nitrogens is 2. The standard InChI is InChI=1S/C10H18ClN3O2S/c1-4-8-10(11)9(14(3)13-8)6-17(15,16)7(2)5-12/h7H,4-6,12H2,1-3H3. The van der Waals surface area contributed by atoms with Gasteiger partial charge >= 0.3 is 0 Å². The van der Waals surface area contributed by atoms with Crippen molar-refractivity contribution in [3.8, 4) is 0 Å². The maximum atomic E-state index is 12.0. The Balaban J connectivity index is 3.08. The van der Waals surface area contributed by atoms with Gasteiger partial charge in [0.2, 0.25) is 0 Å². The summed E-state index contributed by atoms with van der Waals surface area (Å²) in [7, 11) is -1.58. The number of aryl methyl sites for hydroxylation is 2. The van der Waals surface area contributed by atoms with Crippen LogP contribution in [-0.4, -0.2) is 30.0 Å². The van der Waals surface area contributed by atoms with Crippen molar-refractivity contribution in [3.05, 3.63) is 16.4 Å². The molecule has 0 spiro atoms. The molecule has 1 aromatic heterocycles. The van der Waals surface area contributed by atoms with Crippen LogP contribution in [0.25, 0.3) is 0 Å². The summed E-state index contributed by atoms with van der Waals surface area (Å²) in [5.41, 5.74) is 6.64. The van der Waals surface area contributed by atoms with E-state index in [1.165, 1.54) is 4.68 Å². The van der Waals surface area contributed by atoms with Crippen LogP contribution in [0.1, 0.15) is 25.2 Å². The van der Waals surface area contributed by atoms with Crippen molar-refractivity contribution in [3.63, 3.8) is 0 Å². The zero-order chi connectivity index (χ0) is 13.2. The molecule has 0 aliphatic rings. The molecular formula is C10H18ClN3O2S. The Morgan fingerprint density at radius 1 is 1.53 bits per heavy atom. The molecule has 5 nitrogen and oxygen atoms in total. The molecule has 0 saturated heterocycles. The van der Waals surface area contributed by atoms with Crippen LogP contribution >= 0.6 is 11.6 Å². The molecule has 0 radical (unpaired) electrons. The van der Waals surface area contributed by atoms with Crippen molar-refractivity contribution in [2.75, 3.05) is 6.54 Å². The third kappa shape index (κ3) is 3.00. The first kappa shape index (κ1) is 14.5. The summed E-state index contributed by atoms with van der Waals surface area (Å²) in [6.45, 7) is 3.63. The number of halogens is 1. The van der Waals surface area contributed by atoms with E-state index in [-0.39, 0.29) is 12.3 Å². The topological polar surface area (TPSA) is 78.0 Å². The highest BCUT2D eigenvalue weighted by molar-refractivity contribution is 7.91. The van der Waals surface area contributed by atoms with E-state index in [0.717, 1.165) is 5.69 Å². The fraction of sp³-hybridized carbons (Fsp3) is 0.700. The lowest BCUT2D eigenvalue weighted by atomic mass is 10.3. The zero-order valence-electron chi connectivity index (χ0n) is 10.3. The van der Waals surface area contributed by atoms with E-state index in [9.17, 15) is 8.42 Å². The van der Waals surface area contributed by atoms with Gasteiger partial charge in [-0.25, -0.2) is 8.42 Å². The lowest BCUT2D eigenvalue weighted by Gasteiger charge is -2.10. The Morgan fingerprint density at radius 2 is 2.12 bits per heavy atom. The van der Waals surface area contributed by atoms with Crippen LogP contribution in [0, 0.1) is 0 Å². The fourth-order valence-corrected chi connectivity index (χ4v) is 3.19. The Morgan fingerprint density at radius 3 is 2.53 bits per heavy atom. The van der Waals surface area contributed by atoms with Gasteiger partial charge in [-0.05, 0) is 13.3 Å². The van der Waals surface area contributed by atoms with E-state index in [0.29, 0.717) is 17.1 Å². The smallest absolute Gasteiger partial charge is 0.159 e. The molecular weight excluding hydrogens is 262 g/mol. The second kappa shape index (κ2) is 5.37. The predicted octanol–water partition coefficient (Wildman–Crippen LogP) is 0.898. The molecule has 0 aromatic carbocycles. The second-order valence-electron chi connectivity index (χ2n) is 4.04. The van der Waals surface area contributed by atoms with Gasteiger partial charge in [0.05, 0.1) is 27.4 Å². The number of nitrogens with two attached hydrogens (primary N) is 1. The molecule has 0 aliphatic heterocycles. The number of rotatable bonds is 5. The van der Waals surface area contributed by atoms with Crippen molar-refractivity contribution in [1.82, 2.24) is 9.78 Å². The van der Waals surface area contributed by atoms with Gasteiger partial charge < -0.3 is 5.73 Å². The van der Waals surface area contributed by atoms with Gasteiger partial charge in [0.15, 0.2) is 9.84 Å². The Labute approximate surface area is 107 Å². The Bertz CT molecular complexity index is 496. The van der Waals surface area contributed by atoms with Crippen LogP contribution < -0.4 is 5.73 Å². The molecule has 7 heteroatoms. The highest BCUT2D eigenvalue weighted by atomic mass is 35.5.